The number of benzene rings is 3. The van der Waals surface area contributed by atoms with Crippen LogP contribution < -0.4 is 33.5 Å². The van der Waals surface area contributed by atoms with Gasteiger partial charge in [0.15, 0.2) is 23.0 Å². The molecule has 3 aromatic rings. The number of allylic oxidation sites excluding steroid dienone is 1. The maximum atomic E-state index is 14.3. The standard InChI is InChI=1S/C42H54N2O10/c1-7-33(31-27-38(49-4)40(51-6)39(28-31)50-5)41(45)44-18-9-8-13-34(44)42(46)54-35(16-14-29-15-17-36(47-2)37(25-29)48-3)30-11-10-12-32(26-30)53-24-21-43-19-22-52-23-20-43/h10-12,15,17,25-28,35H,7-9,13-14,16,18-24H2,1-6H3/t35-/m1/s1. The summed E-state index contributed by atoms with van der Waals surface area (Å²) < 4.78 is 47.2. The molecule has 0 saturated carbocycles. The van der Waals surface area contributed by atoms with Crippen molar-refractivity contribution in [2.75, 3.05) is 81.5 Å². The molecule has 3 aromatic carbocycles. The third-order valence-electron chi connectivity index (χ3n) is 9.88. The zero-order chi connectivity index (χ0) is 38.5. The summed E-state index contributed by atoms with van der Waals surface area (Å²) in [7, 11) is 7.82. The minimum Gasteiger partial charge on any atom is -0.823 e. The van der Waals surface area contributed by atoms with E-state index in [9.17, 15) is 9.90 Å². The summed E-state index contributed by atoms with van der Waals surface area (Å²) in [4.78, 5) is 16.6. The van der Waals surface area contributed by atoms with Gasteiger partial charge in [0, 0.05) is 38.0 Å². The molecule has 1 fully saturated rings. The van der Waals surface area contributed by atoms with Crippen molar-refractivity contribution >= 4 is 17.3 Å². The molecular weight excluding hydrogens is 692 g/mol. The van der Waals surface area contributed by atoms with Gasteiger partial charge in [0.1, 0.15) is 30.9 Å². The fourth-order valence-corrected chi connectivity index (χ4v) is 6.91. The molecule has 12 nitrogen and oxygen atoms in total. The van der Waals surface area contributed by atoms with Crippen LogP contribution in [-0.2, 0) is 20.7 Å². The van der Waals surface area contributed by atoms with Gasteiger partial charge in [-0.2, -0.15) is 0 Å². The fraction of sp³-hybridized carbons (Fsp3) is 0.476. The Bertz CT molecular complexity index is 1760. The number of methoxy groups -OCH3 is 5. The maximum absolute atomic E-state index is 14.3. The van der Waals surface area contributed by atoms with Crippen LogP contribution in [0.1, 0.15) is 61.8 Å². The van der Waals surface area contributed by atoms with Gasteiger partial charge in [0.05, 0.1) is 48.8 Å². The van der Waals surface area contributed by atoms with E-state index in [1.54, 1.807) is 30.9 Å². The summed E-state index contributed by atoms with van der Waals surface area (Å²) in [5.74, 6) is 2.51. The van der Waals surface area contributed by atoms with Crippen LogP contribution in [0.4, 0.5) is 0 Å². The molecule has 54 heavy (non-hydrogen) atoms. The lowest BCUT2D eigenvalue weighted by Gasteiger charge is -2.26. The zero-order valence-electron chi connectivity index (χ0n) is 32.4. The summed E-state index contributed by atoms with van der Waals surface area (Å²) in [5.41, 5.74) is 3.31. The minimum absolute atomic E-state index is 0.254. The molecule has 0 unspecified atom stereocenters. The highest BCUT2D eigenvalue weighted by atomic mass is 16.5. The average molecular weight is 747 g/mol. The fourth-order valence-electron chi connectivity index (χ4n) is 6.91. The van der Waals surface area contributed by atoms with E-state index >= 15 is 0 Å². The van der Waals surface area contributed by atoms with Crippen molar-refractivity contribution in [2.24, 2.45) is 0 Å². The topological polar surface area (TPSA) is 120 Å². The summed E-state index contributed by atoms with van der Waals surface area (Å²) in [5, 5.41) is 14.3. The number of ether oxygens (including phenoxy) is 8. The largest absolute Gasteiger partial charge is 0.823 e. The monoisotopic (exact) mass is 746 g/mol. The van der Waals surface area contributed by atoms with Gasteiger partial charge in [-0.1, -0.05) is 25.1 Å². The number of carbonyl (C=O) groups is 1. The quantitative estimate of drug-likeness (QED) is 0.0942. The number of esters is 1. The number of morpholine rings is 1. The van der Waals surface area contributed by atoms with Crippen LogP contribution in [0.2, 0.25) is 0 Å². The minimum atomic E-state index is -0.621. The van der Waals surface area contributed by atoms with Crippen molar-refractivity contribution in [3.63, 3.8) is 0 Å². The van der Waals surface area contributed by atoms with Crippen molar-refractivity contribution in [3.05, 3.63) is 77.2 Å². The van der Waals surface area contributed by atoms with Crippen LogP contribution in [0.25, 0.3) is 5.57 Å². The van der Waals surface area contributed by atoms with Gasteiger partial charge in [-0.05, 0) is 78.8 Å². The second kappa shape index (κ2) is 19.9. The lowest BCUT2D eigenvalue weighted by Crippen LogP contribution is -2.38. The van der Waals surface area contributed by atoms with E-state index in [-0.39, 0.29) is 5.88 Å². The van der Waals surface area contributed by atoms with Gasteiger partial charge in [0.25, 0.3) is 5.71 Å². The van der Waals surface area contributed by atoms with E-state index in [1.165, 1.54) is 21.3 Å². The molecule has 5 rings (SSSR count). The zero-order valence-corrected chi connectivity index (χ0v) is 32.4. The van der Waals surface area contributed by atoms with Crippen LogP contribution in [-0.4, -0.2) is 103 Å². The van der Waals surface area contributed by atoms with Crippen molar-refractivity contribution < 1.29 is 52.4 Å². The van der Waals surface area contributed by atoms with Gasteiger partial charge in [-0.3, -0.25) is 4.90 Å². The molecule has 1 saturated heterocycles. The lowest BCUT2D eigenvalue weighted by atomic mass is 10.00. The Morgan fingerprint density at radius 3 is 2.26 bits per heavy atom. The molecule has 0 spiro atoms. The van der Waals surface area contributed by atoms with Gasteiger partial charge >= 0.3 is 5.97 Å². The van der Waals surface area contributed by atoms with Crippen molar-refractivity contribution in [1.29, 1.82) is 0 Å². The molecule has 0 radical (unpaired) electrons. The summed E-state index contributed by atoms with van der Waals surface area (Å²) in [6.07, 6.45) is 2.82. The maximum Gasteiger partial charge on any atom is 0.399 e. The molecule has 0 bridgehead atoms. The first kappa shape index (κ1) is 40.2. The Balaban J connectivity index is 1.45. The molecule has 0 amide bonds. The Hall–Kier alpha value is -4.94. The Labute approximate surface area is 318 Å². The van der Waals surface area contributed by atoms with E-state index in [1.807, 2.05) is 49.4 Å². The molecular formula is C42H54N2O10. The first-order valence-corrected chi connectivity index (χ1v) is 18.6. The van der Waals surface area contributed by atoms with E-state index in [4.69, 9.17) is 37.9 Å². The predicted molar refractivity (Wildman–Crippen MR) is 203 cm³/mol. The van der Waals surface area contributed by atoms with Crippen LogP contribution in [0.3, 0.4) is 0 Å². The van der Waals surface area contributed by atoms with Gasteiger partial charge in [0.2, 0.25) is 5.75 Å². The molecule has 0 aromatic heterocycles. The molecule has 2 aliphatic heterocycles. The van der Waals surface area contributed by atoms with Gasteiger partial charge in [-0.15, -0.1) is 0 Å². The summed E-state index contributed by atoms with van der Waals surface area (Å²) >= 11 is 0. The van der Waals surface area contributed by atoms with Gasteiger partial charge in [-0.25, -0.2) is 9.37 Å². The Kier molecular flexibility index (Phi) is 14.9. The van der Waals surface area contributed by atoms with Crippen molar-refractivity contribution in [3.8, 4) is 34.5 Å². The lowest BCUT2D eigenvalue weighted by molar-refractivity contribution is -0.603. The number of aryl methyl sites for hydroxylation is 1. The van der Waals surface area contributed by atoms with Crippen LogP contribution in [0.5, 0.6) is 34.5 Å². The number of carbonyl (C=O) groups excluding carboxylic acids is 1. The van der Waals surface area contributed by atoms with Crippen LogP contribution in [0.15, 0.2) is 60.5 Å². The smallest absolute Gasteiger partial charge is 0.399 e. The van der Waals surface area contributed by atoms with E-state index < -0.39 is 12.1 Å². The van der Waals surface area contributed by atoms with Crippen molar-refractivity contribution in [2.45, 2.75) is 51.6 Å². The number of nitrogens with zero attached hydrogens (tertiary/aromatic N) is 2. The highest BCUT2D eigenvalue weighted by Crippen LogP contribution is 2.41. The SMILES string of the molecule is CCC(=C([O-])[N+]1=C(C(=O)O[C@H](CCc2ccc(OC)c(OC)c2)c2cccc(OCCN3CCOCC3)c2)CCCC1)c1cc(OC)c(OC)c(OC)c1. The van der Waals surface area contributed by atoms with Crippen LogP contribution in [0, 0.1) is 0 Å². The number of rotatable bonds is 18. The molecule has 2 heterocycles. The molecule has 292 valence electrons. The normalized spacial score (nSPS) is 15.9. The van der Waals surface area contributed by atoms with Crippen LogP contribution >= 0.6 is 0 Å². The Morgan fingerprint density at radius 1 is 0.870 bits per heavy atom. The Morgan fingerprint density at radius 2 is 1.59 bits per heavy atom. The third-order valence-corrected chi connectivity index (χ3v) is 9.88. The second-order valence-electron chi connectivity index (χ2n) is 13.1. The predicted octanol–water partition coefficient (Wildman–Crippen LogP) is 5.43. The van der Waals surface area contributed by atoms with Gasteiger partial charge < -0.3 is 43.0 Å². The molecule has 2 aliphatic rings. The highest BCUT2D eigenvalue weighted by molar-refractivity contribution is 6.34. The first-order chi connectivity index (χ1) is 26.3. The van der Waals surface area contributed by atoms with E-state index in [0.29, 0.717) is 90.2 Å². The molecule has 0 N–H and O–H groups in total. The molecule has 0 aliphatic carbocycles. The third kappa shape index (κ3) is 9.97. The molecule has 1 atom stereocenters. The van der Waals surface area contributed by atoms with E-state index in [0.717, 1.165) is 56.8 Å². The molecule has 12 heteroatoms. The second-order valence-corrected chi connectivity index (χ2v) is 13.1. The van der Waals surface area contributed by atoms with E-state index in [2.05, 4.69) is 4.90 Å². The summed E-state index contributed by atoms with van der Waals surface area (Å²) in [6.45, 7) is 6.86. The number of hydrogen-bond acceptors (Lipinski definition) is 11. The average Bonchev–Trinajstić information content (AvgIpc) is 3.22. The van der Waals surface area contributed by atoms with Crippen molar-refractivity contribution in [1.82, 2.24) is 4.90 Å². The highest BCUT2D eigenvalue weighted by Gasteiger charge is 2.32. The first-order valence-electron chi connectivity index (χ1n) is 18.6. The number of hydrogen-bond donors (Lipinski definition) is 0. The summed E-state index contributed by atoms with van der Waals surface area (Å²) in [6, 6.07) is 17.0.